The van der Waals surface area contributed by atoms with Gasteiger partial charge in [0.2, 0.25) is 0 Å². The maximum absolute atomic E-state index is 12.4. The summed E-state index contributed by atoms with van der Waals surface area (Å²) in [5.41, 5.74) is 3.71. The van der Waals surface area contributed by atoms with Crippen molar-refractivity contribution in [3.05, 3.63) is 86.3 Å². The molecule has 0 bridgehead atoms. The van der Waals surface area contributed by atoms with E-state index >= 15 is 0 Å². The van der Waals surface area contributed by atoms with Gasteiger partial charge in [-0.3, -0.25) is 15.5 Å². The molecule has 15 heteroatoms. The minimum Gasteiger partial charge on any atom is -0.490 e. The zero-order valence-electron chi connectivity index (χ0n) is 23.3. The van der Waals surface area contributed by atoms with Crippen LogP contribution in [-0.2, 0) is 9.53 Å². The second kappa shape index (κ2) is 13.7. The van der Waals surface area contributed by atoms with Crippen LogP contribution in [0.4, 0.5) is 10.5 Å². The average molecular weight is 614 g/mol. The first-order valence-corrected chi connectivity index (χ1v) is 13.3. The molecule has 2 amide bonds. The number of benzene rings is 2. The largest absolute Gasteiger partial charge is 0.490 e. The number of carbonyl (C=O) groups excluding carboxylic acids is 2. The number of nitrogens with one attached hydrogen (secondary N) is 3. The quantitative estimate of drug-likeness (QED) is 0.0763. The summed E-state index contributed by atoms with van der Waals surface area (Å²) < 4.78 is 22.0. The average Bonchev–Trinajstić information content (AvgIpc) is 3.44. The number of halogens is 1. The number of carbonyl (C=O) groups is 2. The molecule has 0 unspecified atom stereocenters. The summed E-state index contributed by atoms with van der Waals surface area (Å²) in [7, 11) is 1.25. The van der Waals surface area contributed by atoms with Crippen LogP contribution in [0.25, 0.3) is 11.3 Å². The number of hydrogen-bond acceptors (Lipinski definition) is 11. The van der Waals surface area contributed by atoms with E-state index in [0.717, 1.165) is 0 Å². The molecule has 0 saturated carbocycles. The first kappa shape index (κ1) is 30.9. The van der Waals surface area contributed by atoms with Crippen molar-refractivity contribution in [1.29, 1.82) is 0 Å². The third kappa shape index (κ3) is 7.42. The number of methoxy groups -OCH3 is 1. The maximum atomic E-state index is 12.4. The van der Waals surface area contributed by atoms with Crippen LogP contribution in [0.2, 0.25) is 5.02 Å². The van der Waals surface area contributed by atoms with Crippen LogP contribution in [0.15, 0.2) is 69.3 Å². The molecule has 2 atom stereocenters. The first-order valence-electron chi connectivity index (χ1n) is 12.9. The predicted molar refractivity (Wildman–Crippen MR) is 155 cm³/mol. The van der Waals surface area contributed by atoms with Crippen LogP contribution in [0.5, 0.6) is 11.5 Å². The molecule has 14 nitrogen and oxygen atoms in total. The molecule has 43 heavy (non-hydrogen) atoms. The number of aliphatic hydroxyl groups is 1. The van der Waals surface area contributed by atoms with Crippen molar-refractivity contribution in [2.24, 2.45) is 5.10 Å². The van der Waals surface area contributed by atoms with Gasteiger partial charge in [-0.05, 0) is 55.8 Å². The maximum Gasteiger partial charge on any atom is 0.337 e. The Hall–Kier alpha value is -5.08. The molecule has 0 radical (unpaired) electrons. The number of nitrogens with zero attached hydrogens (tertiary/aromatic N) is 2. The summed E-state index contributed by atoms with van der Waals surface area (Å²) in [6, 6.07) is 11.0. The fourth-order valence-electron chi connectivity index (χ4n) is 4.24. The van der Waals surface area contributed by atoms with Crippen molar-refractivity contribution >= 4 is 35.5 Å². The van der Waals surface area contributed by atoms with E-state index in [4.69, 9.17) is 30.2 Å². The van der Waals surface area contributed by atoms with Crippen molar-refractivity contribution in [2.75, 3.05) is 20.3 Å². The smallest absolute Gasteiger partial charge is 0.337 e. The summed E-state index contributed by atoms with van der Waals surface area (Å²) in [5, 5.41) is 31.1. The number of allylic oxidation sites excluding steroid dienone is 1. The molecule has 1 aliphatic rings. The highest BCUT2D eigenvalue weighted by molar-refractivity contribution is 6.30. The van der Waals surface area contributed by atoms with Crippen LogP contribution >= 0.6 is 11.6 Å². The molecule has 3 aromatic rings. The zero-order chi connectivity index (χ0) is 31.1. The van der Waals surface area contributed by atoms with Gasteiger partial charge < -0.3 is 34.4 Å². The van der Waals surface area contributed by atoms with E-state index in [1.165, 1.54) is 31.5 Å². The number of furan rings is 1. The van der Waals surface area contributed by atoms with E-state index in [1.807, 2.05) is 0 Å². The Morgan fingerprint density at radius 2 is 2.02 bits per heavy atom. The molecule has 4 rings (SSSR count). The lowest BCUT2D eigenvalue weighted by Crippen LogP contribution is -2.45. The van der Waals surface area contributed by atoms with Crippen molar-refractivity contribution in [2.45, 2.75) is 26.1 Å². The normalized spacial score (nSPS) is 15.5. The second-order valence-corrected chi connectivity index (χ2v) is 9.47. The SMILES string of the molecule is CCOc1cc([C@H]2NC(=O)NC(C)=C2C(=O)OC)ccc1OC[C@H](O)N/N=C/c1ccc(-c2ccc(Cl)cc2[N+](=O)[O-])o1. The molecule has 0 aliphatic carbocycles. The molecule has 2 aromatic carbocycles. The van der Waals surface area contributed by atoms with Crippen molar-refractivity contribution in [1.82, 2.24) is 16.1 Å². The molecule has 0 saturated heterocycles. The van der Waals surface area contributed by atoms with E-state index in [-0.39, 0.29) is 40.0 Å². The van der Waals surface area contributed by atoms with Gasteiger partial charge in [0.15, 0.2) is 17.7 Å². The summed E-state index contributed by atoms with van der Waals surface area (Å²) in [5.74, 6) is 0.546. The number of amides is 2. The molecule has 4 N–H and O–H groups in total. The van der Waals surface area contributed by atoms with Gasteiger partial charge in [-0.25, -0.2) is 9.59 Å². The van der Waals surface area contributed by atoms with E-state index < -0.39 is 29.2 Å². The number of nitro groups is 1. The lowest BCUT2D eigenvalue weighted by atomic mass is 9.95. The van der Waals surface area contributed by atoms with E-state index in [1.54, 1.807) is 44.2 Å². The van der Waals surface area contributed by atoms with Crippen LogP contribution in [-0.4, -0.2) is 54.8 Å². The van der Waals surface area contributed by atoms with Gasteiger partial charge >= 0.3 is 12.0 Å². The minimum atomic E-state index is -1.24. The molecule has 0 fully saturated rings. The van der Waals surface area contributed by atoms with Gasteiger partial charge in [-0.1, -0.05) is 17.7 Å². The lowest BCUT2D eigenvalue weighted by molar-refractivity contribution is -0.384. The van der Waals surface area contributed by atoms with Crippen molar-refractivity contribution < 1.29 is 38.2 Å². The van der Waals surface area contributed by atoms with Gasteiger partial charge in [0.05, 0.1) is 42.0 Å². The Labute approximate surface area is 250 Å². The topological polar surface area (TPSA) is 187 Å². The molecule has 1 aromatic heterocycles. The number of esters is 1. The zero-order valence-corrected chi connectivity index (χ0v) is 24.0. The van der Waals surface area contributed by atoms with Crippen LogP contribution in [0.3, 0.4) is 0 Å². The van der Waals surface area contributed by atoms with Gasteiger partial charge in [0, 0.05) is 16.8 Å². The molecule has 1 aliphatic heterocycles. The first-order chi connectivity index (χ1) is 20.6. The standard InChI is InChI=1S/C28H28ClN5O9/c1-4-41-23-11-16(26-25(27(36)40-3)15(2)31-28(37)32-26)5-9-22(23)42-14-24(35)33-30-13-18-7-10-21(43-18)19-8-6-17(29)12-20(19)34(38)39/h5-13,24,26,33,35H,4,14H2,1-3H3,(H2,31,32,37)/b30-13+/t24-,26+/m0/s1. The van der Waals surface area contributed by atoms with Crippen molar-refractivity contribution in [3.8, 4) is 22.8 Å². The number of aliphatic hydroxyl groups excluding tert-OH is 1. The third-order valence-corrected chi connectivity index (χ3v) is 6.37. The van der Waals surface area contributed by atoms with E-state index in [9.17, 15) is 24.8 Å². The van der Waals surface area contributed by atoms with Crippen molar-refractivity contribution in [3.63, 3.8) is 0 Å². The minimum absolute atomic E-state index is 0.202. The van der Waals surface area contributed by atoms with E-state index in [2.05, 4.69) is 21.2 Å². The number of hydrazone groups is 1. The fourth-order valence-corrected chi connectivity index (χ4v) is 4.41. The summed E-state index contributed by atoms with van der Waals surface area (Å²) in [6.07, 6.45) is 0.0498. The number of rotatable bonds is 12. The third-order valence-electron chi connectivity index (χ3n) is 6.14. The Morgan fingerprint density at radius 3 is 2.74 bits per heavy atom. The number of hydrogen-bond donors (Lipinski definition) is 4. The van der Waals surface area contributed by atoms with Crippen LogP contribution < -0.4 is 25.5 Å². The summed E-state index contributed by atoms with van der Waals surface area (Å²) >= 11 is 5.87. The lowest BCUT2D eigenvalue weighted by Gasteiger charge is -2.28. The number of nitro benzene ring substituents is 1. The molecular weight excluding hydrogens is 586 g/mol. The molecule has 226 valence electrons. The highest BCUT2D eigenvalue weighted by Crippen LogP contribution is 2.35. The van der Waals surface area contributed by atoms with Crippen LogP contribution in [0, 0.1) is 10.1 Å². The fraction of sp³-hybridized carbons (Fsp3) is 0.250. The Kier molecular flexibility index (Phi) is 9.85. The molecule has 0 spiro atoms. The predicted octanol–water partition coefficient (Wildman–Crippen LogP) is 4.03. The van der Waals surface area contributed by atoms with Gasteiger partial charge in [-0.15, -0.1) is 0 Å². The molecular formula is C28H28ClN5O9. The van der Waals surface area contributed by atoms with Gasteiger partial charge in [-0.2, -0.15) is 5.10 Å². The monoisotopic (exact) mass is 613 g/mol. The highest BCUT2D eigenvalue weighted by atomic mass is 35.5. The number of ether oxygens (including phenoxy) is 3. The summed E-state index contributed by atoms with van der Waals surface area (Å²) in [4.78, 5) is 35.3. The Morgan fingerprint density at radius 1 is 1.23 bits per heavy atom. The van der Waals surface area contributed by atoms with Gasteiger partial charge in [0.25, 0.3) is 5.69 Å². The Balaban J connectivity index is 1.40. The molecule has 2 heterocycles. The number of urea groups is 1. The Bertz CT molecular complexity index is 1590. The van der Waals surface area contributed by atoms with E-state index in [0.29, 0.717) is 29.4 Å². The highest BCUT2D eigenvalue weighted by Gasteiger charge is 2.32. The van der Waals surface area contributed by atoms with Gasteiger partial charge in [0.1, 0.15) is 18.1 Å². The van der Waals surface area contributed by atoms with Crippen LogP contribution in [0.1, 0.15) is 31.2 Å². The second-order valence-electron chi connectivity index (χ2n) is 9.04. The summed E-state index contributed by atoms with van der Waals surface area (Å²) in [6.45, 7) is 3.45.